The zero-order valence-electron chi connectivity index (χ0n) is 15.3. The number of hydrogen-bond acceptors (Lipinski definition) is 4. The van der Waals surface area contributed by atoms with E-state index in [0.717, 1.165) is 28.9 Å². The number of ether oxygens (including phenoxy) is 1. The Kier molecular flexibility index (Phi) is 4.80. The van der Waals surface area contributed by atoms with Gasteiger partial charge in [0.2, 0.25) is 0 Å². The van der Waals surface area contributed by atoms with E-state index in [9.17, 15) is 9.59 Å². The third-order valence-corrected chi connectivity index (χ3v) is 4.82. The molecule has 0 radical (unpaired) electrons. The number of fused-ring (bicyclic) bond motifs is 1. The second kappa shape index (κ2) is 6.87. The predicted octanol–water partition coefficient (Wildman–Crippen LogP) is 3.77. The van der Waals surface area contributed by atoms with Crippen LogP contribution in [0.3, 0.4) is 0 Å². The Hall–Kier alpha value is -2.36. The number of hydrogen-bond donors (Lipinski definition) is 1. The highest BCUT2D eigenvalue weighted by Crippen LogP contribution is 2.43. The van der Waals surface area contributed by atoms with Crippen molar-refractivity contribution in [3.05, 3.63) is 58.4 Å². The lowest BCUT2D eigenvalue weighted by molar-refractivity contribution is -0.143. The van der Waals surface area contributed by atoms with Crippen LogP contribution in [0.2, 0.25) is 0 Å². The fourth-order valence-electron chi connectivity index (χ4n) is 3.69. The highest BCUT2D eigenvalue weighted by molar-refractivity contribution is 5.96. The van der Waals surface area contributed by atoms with Crippen LogP contribution in [0.1, 0.15) is 50.7 Å². The SMILES string of the molecule is CC1=C(C(=O)OC(C)C)C(c2ccc(C)cc2)C2C(=O)CCC=C2N1. The molecule has 0 bridgehead atoms. The molecule has 4 nitrogen and oxygen atoms in total. The van der Waals surface area contributed by atoms with Crippen molar-refractivity contribution in [3.63, 3.8) is 0 Å². The molecule has 3 rings (SSSR count). The van der Waals surface area contributed by atoms with Gasteiger partial charge in [0.25, 0.3) is 0 Å². The summed E-state index contributed by atoms with van der Waals surface area (Å²) in [6.45, 7) is 7.58. The normalized spacial score (nSPS) is 23.1. The van der Waals surface area contributed by atoms with E-state index >= 15 is 0 Å². The number of rotatable bonds is 3. The number of allylic oxidation sites excluding steroid dienone is 3. The molecule has 2 unspecified atom stereocenters. The maximum absolute atomic E-state index is 12.8. The molecule has 0 fully saturated rings. The smallest absolute Gasteiger partial charge is 0.336 e. The summed E-state index contributed by atoms with van der Waals surface area (Å²) in [6, 6.07) is 8.07. The summed E-state index contributed by atoms with van der Waals surface area (Å²) >= 11 is 0. The third-order valence-electron chi connectivity index (χ3n) is 4.82. The molecule has 0 saturated heterocycles. The first-order chi connectivity index (χ1) is 11.9. The number of carbonyl (C=O) groups excluding carboxylic acids is 2. The summed E-state index contributed by atoms with van der Waals surface area (Å²) in [5.41, 5.74) is 4.38. The van der Waals surface area contributed by atoms with Gasteiger partial charge in [-0.15, -0.1) is 0 Å². The zero-order chi connectivity index (χ0) is 18.1. The molecule has 0 aromatic heterocycles. The van der Waals surface area contributed by atoms with E-state index in [1.54, 1.807) is 0 Å². The minimum atomic E-state index is -0.344. The van der Waals surface area contributed by atoms with Crippen LogP contribution < -0.4 is 5.32 Å². The summed E-state index contributed by atoms with van der Waals surface area (Å²) in [7, 11) is 0. The Morgan fingerprint density at radius 3 is 2.48 bits per heavy atom. The minimum absolute atomic E-state index is 0.179. The average Bonchev–Trinajstić information content (AvgIpc) is 2.53. The van der Waals surface area contributed by atoms with Crippen molar-refractivity contribution in [2.24, 2.45) is 5.92 Å². The molecule has 25 heavy (non-hydrogen) atoms. The van der Waals surface area contributed by atoms with E-state index in [4.69, 9.17) is 4.74 Å². The van der Waals surface area contributed by atoms with E-state index in [0.29, 0.717) is 12.0 Å². The topological polar surface area (TPSA) is 55.4 Å². The highest BCUT2D eigenvalue weighted by Gasteiger charge is 2.43. The van der Waals surface area contributed by atoms with Gasteiger partial charge < -0.3 is 10.1 Å². The van der Waals surface area contributed by atoms with E-state index in [1.807, 2.05) is 52.0 Å². The molecule has 1 aliphatic heterocycles. The maximum atomic E-state index is 12.8. The lowest BCUT2D eigenvalue weighted by Gasteiger charge is -2.38. The molecular weight excluding hydrogens is 314 g/mol. The van der Waals surface area contributed by atoms with E-state index in [2.05, 4.69) is 11.4 Å². The molecule has 1 aliphatic carbocycles. The van der Waals surface area contributed by atoms with E-state index in [1.165, 1.54) is 0 Å². The van der Waals surface area contributed by atoms with Gasteiger partial charge in [0.15, 0.2) is 0 Å². The number of nitrogens with one attached hydrogen (secondary N) is 1. The Bertz CT molecular complexity index is 756. The van der Waals surface area contributed by atoms with Crippen LogP contribution in [0.15, 0.2) is 47.3 Å². The van der Waals surface area contributed by atoms with E-state index in [-0.39, 0.29) is 29.7 Å². The van der Waals surface area contributed by atoms with Crippen LogP contribution in [0.4, 0.5) is 0 Å². The van der Waals surface area contributed by atoms with E-state index < -0.39 is 0 Å². The lowest BCUT2D eigenvalue weighted by Crippen LogP contribution is -2.41. The standard InChI is InChI=1S/C21H25NO3/c1-12(2)25-21(24)18-14(4)22-16-6-5-7-17(23)20(16)19(18)15-10-8-13(3)9-11-15/h6,8-12,19-20,22H,5,7H2,1-4H3. The maximum Gasteiger partial charge on any atom is 0.336 e. The van der Waals surface area contributed by atoms with Crippen molar-refractivity contribution >= 4 is 11.8 Å². The molecule has 0 amide bonds. The molecule has 1 aromatic carbocycles. The largest absolute Gasteiger partial charge is 0.460 e. The Morgan fingerprint density at radius 2 is 1.84 bits per heavy atom. The van der Waals surface area contributed by atoms with Gasteiger partial charge in [0.1, 0.15) is 5.78 Å². The van der Waals surface area contributed by atoms with Gasteiger partial charge >= 0.3 is 5.97 Å². The number of esters is 1. The van der Waals surface area contributed by atoms with Gasteiger partial charge in [-0.05, 0) is 39.7 Å². The zero-order valence-corrected chi connectivity index (χ0v) is 15.3. The first kappa shape index (κ1) is 17.5. The van der Waals surface area contributed by atoms with Gasteiger partial charge in [-0.3, -0.25) is 4.79 Å². The fourth-order valence-corrected chi connectivity index (χ4v) is 3.69. The number of benzene rings is 1. The second-order valence-corrected chi connectivity index (χ2v) is 7.15. The first-order valence-corrected chi connectivity index (χ1v) is 8.86. The van der Waals surface area contributed by atoms with Crippen LogP contribution in [-0.4, -0.2) is 17.9 Å². The molecule has 1 heterocycles. The van der Waals surface area contributed by atoms with Crippen LogP contribution >= 0.6 is 0 Å². The number of Topliss-reactive ketones (excluding diaryl/α,β-unsaturated/α-hetero) is 1. The van der Waals surface area contributed by atoms with Gasteiger partial charge in [-0.1, -0.05) is 35.9 Å². The summed E-state index contributed by atoms with van der Waals surface area (Å²) in [4.78, 5) is 25.5. The average molecular weight is 339 g/mol. The number of carbonyl (C=O) groups is 2. The summed E-state index contributed by atoms with van der Waals surface area (Å²) in [5, 5.41) is 3.28. The van der Waals surface area contributed by atoms with Crippen LogP contribution in [0.5, 0.6) is 0 Å². The molecule has 1 aromatic rings. The van der Waals surface area contributed by atoms with Crippen molar-refractivity contribution in [2.75, 3.05) is 0 Å². The van der Waals surface area contributed by atoms with Crippen molar-refractivity contribution in [3.8, 4) is 0 Å². The molecule has 132 valence electrons. The number of ketones is 1. The summed E-state index contributed by atoms with van der Waals surface area (Å²) in [5.74, 6) is -0.803. The van der Waals surface area contributed by atoms with Crippen molar-refractivity contribution in [1.29, 1.82) is 0 Å². The quantitative estimate of drug-likeness (QED) is 0.852. The summed E-state index contributed by atoms with van der Waals surface area (Å²) < 4.78 is 5.48. The van der Waals surface area contributed by atoms with Crippen molar-refractivity contribution in [2.45, 2.75) is 52.6 Å². The van der Waals surface area contributed by atoms with Gasteiger partial charge in [0, 0.05) is 23.7 Å². The molecule has 2 aliphatic rings. The van der Waals surface area contributed by atoms with Crippen molar-refractivity contribution in [1.82, 2.24) is 5.32 Å². The summed E-state index contributed by atoms with van der Waals surface area (Å²) in [6.07, 6.45) is 3.15. The Morgan fingerprint density at radius 1 is 1.16 bits per heavy atom. The third kappa shape index (κ3) is 3.39. The molecule has 1 N–H and O–H groups in total. The molecular formula is C21H25NO3. The van der Waals surface area contributed by atoms with Crippen LogP contribution in [0.25, 0.3) is 0 Å². The highest BCUT2D eigenvalue weighted by atomic mass is 16.5. The molecule has 0 saturated carbocycles. The van der Waals surface area contributed by atoms with Crippen molar-refractivity contribution < 1.29 is 14.3 Å². The minimum Gasteiger partial charge on any atom is -0.460 e. The van der Waals surface area contributed by atoms with Crippen LogP contribution in [0, 0.1) is 12.8 Å². The first-order valence-electron chi connectivity index (χ1n) is 8.86. The lowest BCUT2D eigenvalue weighted by atomic mass is 9.71. The van der Waals surface area contributed by atoms with Gasteiger partial charge in [-0.25, -0.2) is 4.79 Å². The fraction of sp³-hybridized carbons (Fsp3) is 0.429. The number of aryl methyl sites for hydroxylation is 1. The van der Waals surface area contributed by atoms with Gasteiger partial charge in [-0.2, -0.15) is 0 Å². The molecule has 0 spiro atoms. The Balaban J connectivity index is 2.13. The Labute approximate surface area is 149 Å². The van der Waals surface area contributed by atoms with Gasteiger partial charge in [0.05, 0.1) is 17.6 Å². The molecule has 4 heteroatoms. The monoisotopic (exact) mass is 339 g/mol. The second-order valence-electron chi connectivity index (χ2n) is 7.15. The van der Waals surface area contributed by atoms with Crippen LogP contribution in [-0.2, 0) is 14.3 Å². The molecule has 2 atom stereocenters. The predicted molar refractivity (Wildman–Crippen MR) is 96.8 cm³/mol.